The Morgan fingerprint density at radius 3 is 3.00 bits per heavy atom. The predicted molar refractivity (Wildman–Crippen MR) is 87.8 cm³/mol. The van der Waals surface area contributed by atoms with E-state index in [0.717, 1.165) is 35.1 Å². The van der Waals surface area contributed by atoms with E-state index in [9.17, 15) is 0 Å². The first kappa shape index (κ1) is 14.3. The van der Waals surface area contributed by atoms with E-state index in [0.29, 0.717) is 5.88 Å². The third-order valence-electron chi connectivity index (χ3n) is 3.33. The average molecular weight is 318 g/mol. The average Bonchev–Trinajstić information content (AvgIpc) is 3.16. The topological polar surface area (TPSA) is 30.7 Å². The van der Waals surface area contributed by atoms with Gasteiger partial charge in [-0.15, -0.1) is 22.9 Å². The number of rotatable bonds is 5. The molecule has 0 unspecified atom stereocenters. The Hall–Kier alpha value is -1.65. The van der Waals surface area contributed by atoms with Gasteiger partial charge in [-0.1, -0.05) is 25.1 Å². The van der Waals surface area contributed by atoms with Crippen molar-refractivity contribution in [3.8, 4) is 10.6 Å². The summed E-state index contributed by atoms with van der Waals surface area (Å²) in [5, 5.41) is 3.04. The van der Waals surface area contributed by atoms with Crippen LogP contribution in [-0.2, 0) is 18.8 Å². The first-order chi connectivity index (χ1) is 10.3. The molecule has 0 bridgehead atoms. The molecule has 5 heteroatoms. The van der Waals surface area contributed by atoms with Gasteiger partial charge in [0.25, 0.3) is 0 Å². The van der Waals surface area contributed by atoms with Gasteiger partial charge in [0.15, 0.2) is 0 Å². The maximum atomic E-state index is 5.82. The molecule has 0 saturated heterocycles. The molecule has 21 heavy (non-hydrogen) atoms. The van der Waals surface area contributed by atoms with Gasteiger partial charge in [-0.05, 0) is 11.6 Å². The minimum absolute atomic E-state index is 0.463. The Morgan fingerprint density at radius 1 is 1.33 bits per heavy atom. The van der Waals surface area contributed by atoms with E-state index in [4.69, 9.17) is 11.6 Å². The number of hydrogen-bond donors (Lipinski definition) is 0. The van der Waals surface area contributed by atoms with Gasteiger partial charge in [0, 0.05) is 36.3 Å². The number of thiazole rings is 1. The fourth-order valence-corrected chi connectivity index (χ4v) is 3.34. The molecule has 2 heterocycles. The van der Waals surface area contributed by atoms with Crippen molar-refractivity contribution in [3.05, 3.63) is 59.1 Å². The van der Waals surface area contributed by atoms with Gasteiger partial charge in [-0.25, -0.2) is 9.97 Å². The lowest BCUT2D eigenvalue weighted by Crippen LogP contribution is -2.03. The molecule has 0 aliphatic rings. The van der Waals surface area contributed by atoms with Crippen LogP contribution in [0.15, 0.2) is 42.0 Å². The normalized spacial score (nSPS) is 11.0. The predicted octanol–water partition coefficient (Wildman–Crippen LogP) is 4.36. The van der Waals surface area contributed by atoms with Crippen molar-refractivity contribution in [3.63, 3.8) is 0 Å². The van der Waals surface area contributed by atoms with Gasteiger partial charge in [-0.3, -0.25) is 0 Å². The Kier molecular flexibility index (Phi) is 4.36. The second kappa shape index (κ2) is 6.41. The number of nitrogens with zero attached hydrogens (tertiary/aromatic N) is 3. The van der Waals surface area contributed by atoms with Crippen LogP contribution in [0.5, 0.6) is 0 Å². The van der Waals surface area contributed by atoms with E-state index in [1.807, 2.05) is 17.8 Å². The SMILES string of the molecule is CCc1nccn1Cc1cccc(-c2nc(CCl)cs2)c1. The largest absolute Gasteiger partial charge is 0.331 e. The lowest BCUT2D eigenvalue weighted by molar-refractivity contribution is 0.732. The van der Waals surface area contributed by atoms with E-state index in [2.05, 4.69) is 45.7 Å². The summed E-state index contributed by atoms with van der Waals surface area (Å²) < 4.78 is 2.19. The highest BCUT2D eigenvalue weighted by Crippen LogP contribution is 2.25. The molecule has 3 nitrogen and oxygen atoms in total. The highest BCUT2D eigenvalue weighted by molar-refractivity contribution is 7.13. The summed E-state index contributed by atoms with van der Waals surface area (Å²) in [5.74, 6) is 1.57. The minimum Gasteiger partial charge on any atom is -0.331 e. The van der Waals surface area contributed by atoms with Gasteiger partial charge in [0.1, 0.15) is 10.8 Å². The van der Waals surface area contributed by atoms with Crippen molar-refractivity contribution in [1.29, 1.82) is 0 Å². The third kappa shape index (κ3) is 3.17. The fourth-order valence-electron chi connectivity index (χ4n) is 2.30. The van der Waals surface area contributed by atoms with E-state index >= 15 is 0 Å². The molecule has 2 aromatic heterocycles. The van der Waals surface area contributed by atoms with Crippen LogP contribution in [0, 0.1) is 0 Å². The third-order valence-corrected chi connectivity index (χ3v) is 4.55. The number of halogens is 1. The summed E-state index contributed by atoms with van der Waals surface area (Å²) in [5.41, 5.74) is 3.33. The van der Waals surface area contributed by atoms with Crippen molar-refractivity contribution in [2.45, 2.75) is 25.8 Å². The van der Waals surface area contributed by atoms with Crippen LogP contribution in [0.1, 0.15) is 24.0 Å². The van der Waals surface area contributed by atoms with Crippen molar-refractivity contribution in [1.82, 2.24) is 14.5 Å². The number of aryl methyl sites for hydroxylation is 1. The Balaban J connectivity index is 1.86. The van der Waals surface area contributed by atoms with E-state index in [1.54, 1.807) is 11.3 Å². The molecular weight excluding hydrogens is 302 g/mol. The molecule has 3 rings (SSSR count). The lowest BCUT2D eigenvalue weighted by Gasteiger charge is -2.07. The van der Waals surface area contributed by atoms with Crippen molar-refractivity contribution in [2.24, 2.45) is 0 Å². The smallest absolute Gasteiger partial charge is 0.123 e. The number of alkyl halides is 1. The van der Waals surface area contributed by atoms with Gasteiger partial charge >= 0.3 is 0 Å². The van der Waals surface area contributed by atoms with Crippen molar-refractivity contribution in [2.75, 3.05) is 0 Å². The number of imidazole rings is 1. The summed E-state index contributed by atoms with van der Waals surface area (Å²) in [6.45, 7) is 2.96. The Morgan fingerprint density at radius 2 is 2.24 bits per heavy atom. The zero-order chi connectivity index (χ0) is 14.7. The van der Waals surface area contributed by atoms with Crippen LogP contribution in [0.25, 0.3) is 10.6 Å². The summed E-state index contributed by atoms with van der Waals surface area (Å²) in [6, 6.07) is 8.50. The molecule has 0 aliphatic carbocycles. The minimum atomic E-state index is 0.463. The molecule has 0 aliphatic heterocycles. The van der Waals surface area contributed by atoms with E-state index in [1.165, 1.54) is 5.56 Å². The molecule has 0 radical (unpaired) electrons. The van der Waals surface area contributed by atoms with Gasteiger partial charge < -0.3 is 4.57 Å². The first-order valence-electron chi connectivity index (χ1n) is 6.90. The van der Waals surface area contributed by atoms with Gasteiger partial charge in [0.2, 0.25) is 0 Å². The van der Waals surface area contributed by atoms with Crippen LogP contribution in [0.2, 0.25) is 0 Å². The van der Waals surface area contributed by atoms with Crippen molar-refractivity contribution < 1.29 is 0 Å². The van der Waals surface area contributed by atoms with E-state index < -0.39 is 0 Å². The lowest BCUT2D eigenvalue weighted by atomic mass is 10.1. The van der Waals surface area contributed by atoms with Crippen LogP contribution in [0.3, 0.4) is 0 Å². The quantitative estimate of drug-likeness (QED) is 0.655. The van der Waals surface area contributed by atoms with Crippen molar-refractivity contribution >= 4 is 22.9 Å². The summed E-state index contributed by atoms with van der Waals surface area (Å²) in [6.07, 6.45) is 4.83. The zero-order valence-electron chi connectivity index (χ0n) is 11.8. The zero-order valence-corrected chi connectivity index (χ0v) is 13.4. The van der Waals surface area contributed by atoms with Crippen LogP contribution >= 0.6 is 22.9 Å². The number of benzene rings is 1. The molecule has 3 aromatic rings. The summed E-state index contributed by atoms with van der Waals surface area (Å²) in [4.78, 5) is 8.90. The molecule has 108 valence electrons. The van der Waals surface area contributed by atoms with Gasteiger partial charge in [-0.2, -0.15) is 0 Å². The first-order valence-corrected chi connectivity index (χ1v) is 8.31. The molecule has 0 N–H and O–H groups in total. The maximum absolute atomic E-state index is 5.82. The summed E-state index contributed by atoms with van der Waals surface area (Å²) >= 11 is 7.46. The second-order valence-electron chi connectivity index (χ2n) is 4.80. The molecule has 0 amide bonds. The maximum Gasteiger partial charge on any atom is 0.123 e. The molecule has 1 aromatic carbocycles. The van der Waals surface area contributed by atoms with Crippen LogP contribution in [0.4, 0.5) is 0 Å². The van der Waals surface area contributed by atoms with Gasteiger partial charge in [0.05, 0.1) is 11.6 Å². The standard InChI is InChI=1S/C16H16ClN3S/c1-2-15-18-6-7-20(15)10-12-4-3-5-13(8-12)16-19-14(9-17)11-21-16/h3-8,11H,2,9-10H2,1H3. The molecule has 0 saturated carbocycles. The number of hydrogen-bond acceptors (Lipinski definition) is 3. The molecule has 0 fully saturated rings. The summed E-state index contributed by atoms with van der Waals surface area (Å²) in [7, 11) is 0. The highest BCUT2D eigenvalue weighted by atomic mass is 35.5. The van der Waals surface area contributed by atoms with Crippen LogP contribution < -0.4 is 0 Å². The number of aromatic nitrogens is 3. The Labute approximate surface area is 133 Å². The monoisotopic (exact) mass is 317 g/mol. The van der Waals surface area contributed by atoms with Crippen LogP contribution in [-0.4, -0.2) is 14.5 Å². The second-order valence-corrected chi connectivity index (χ2v) is 5.93. The molecular formula is C16H16ClN3S. The van der Waals surface area contributed by atoms with E-state index in [-0.39, 0.29) is 0 Å². The highest BCUT2D eigenvalue weighted by Gasteiger charge is 2.06. The molecule has 0 atom stereocenters. The Bertz CT molecular complexity index is 732. The fraction of sp³-hybridized carbons (Fsp3) is 0.250. The molecule has 0 spiro atoms.